The van der Waals surface area contributed by atoms with E-state index in [-0.39, 0.29) is 27.7 Å². The molecule has 0 radical (unpaired) electrons. The molecular weight excluding hydrogens is 299 g/mol. The van der Waals surface area contributed by atoms with Crippen molar-refractivity contribution in [1.29, 1.82) is 0 Å². The van der Waals surface area contributed by atoms with Crippen LogP contribution in [0.3, 0.4) is 0 Å². The molecule has 0 aromatic rings. The van der Waals surface area contributed by atoms with E-state index in [1.807, 2.05) is 5.92 Å². The van der Waals surface area contributed by atoms with E-state index >= 15 is 0 Å². The summed E-state index contributed by atoms with van der Waals surface area (Å²) in [7, 11) is 0. The third-order valence-corrected chi connectivity index (χ3v) is 0.439. The largest absolute Gasteiger partial charge is 0.319 e. The maximum atomic E-state index is 11.1. The van der Waals surface area contributed by atoms with Crippen LogP contribution in [-0.2, 0) is 21.1 Å². The quantitative estimate of drug-likeness (QED) is 0.465. The van der Waals surface area contributed by atoms with Crippen molar-refractivity contribution >= 4 is 0 Å². The van der Waals surface area contributed by atoms with E-state index in [0.717, 1.165) is 0 Å². The summed E-state index contributed by atoms with van der Waals surface area (Å²) in [4.78, 5) is 0. The van der Waals surface area contributed by atoms with Gasteiger partial charge in [-0.3, -0.25) is 0 Å². The molecule has 0 heterocycles. The van der Waals surface area contributed by atoms with Crippen molar-refractivity contribution in [3.05, 3.63) is 6.67 Å². The Morgan fingerprint density at radius 3 is 2.20 bits per heavy atom. The van der Waals surface area contributed by atoms with Crippen LogP contribution in [0.15, 0.2) is 0 Å². The Hall–Kier alpha value is -0.832. The van der Waals surface area contributed by atoms with Crippen LogP contribution in [0.2, 0.25) is 0 Å². The summed E-state index contributed by atoms with van der Waals surface area (Å²) in [5.74, 6) is 14.0. The van der Waals surface area contributed by atoms with Gasteiger partial charge in [0.1, 0.15) is 0 Å². The Morgan fingerprint density at radius 2 is 1.70 bits per heavy atom. The summed E-state index contributed by atoms with van der Waals surface area (Å²) in [6.07, 6.45) is 0. The average Bonchev–Trinajstić information content (AvgIpc) is 1.89. The molecule has 2 heteroatoms. The van der Waals surface area contributed by atoms with Gasteiger partial charge in [-0.05, 0) is 25.4 Å². The van der Waals surface area contributed by atoms with Gasteiger partial charge in [-0.1, -0.05) is 5.92 Å². The molecule has 0 nitrogen and oxygen atoms in total. The van der Waals surface area contributed by atoms with Crippen LogP contribution in [0.5, 0.6) is 0 Å². The van der Waals surface area contributed by atoms with Crippen molar-refractivity contribution in [3.8, 4) is 35.5 Å². The molecule has 0 atom stereocenters. The molecule has 0 aromatic carbocycles. The van der Waals surface area contributed by atoms with Crippen molar-refractivity contribution in [3.63, 3.8) is 0 Å². The molecule has 10 heavy (non-hydrogen) atoms. The van der Waals surface area contributed by atoms with E-state index in [4.69, 9.17) is 0 Å². The number of hydrogen-bond donors (Lipinski definition) is 0. The van der Waals surface area contributed by atoms with Gasteiger partial charge in [0, 0.05) is 21.1 Å². The Balaban J connectivity index is 0. The van der Waals surface area contributed by atoms with Gasteiger partial charge in [0.05, 0.1) is 0 Å². The summed E-state index contributed by atoms with van der Waals surface area (Å²) in [6, 6.07) is 0. The van der Waals surface area contributed by atoms with Crippen molar-refractivity contribution in [2.24, 2.45) is 0 Å². The maximum Gasteiger partial charge on any atom is 0 e. The van der Waals surface area contributed by atoms with Gasteiger partial charge >= 0.3 is 0 Å². The molecule has 0 amide bonds. The standard InChI is InChI=1S/C8H4F.W/c1-2-3-4-5-6-7-8-9;/h8H,1H3;/q-1;. The van der Waals surface area contributed by atoms with Crippen LogP contribution in [0, 0.1) is 42.2 Å². The monoisotopic (exact) mass is 303 g/mol. The molecule has 0 rings (SSSR count). The molecule has 0 fully saturated rings. The minimum Gasteiger partial charge on any atom is -0.319 e. The third kappa shape index (κ3) is 10.2. The Bertz CT molecular complexity index is 236. The maximum absolute atomic E-state index is 11.1. The SMILES string of the molecule is CC#CC#CC#C[CH-]F.[W]. The minimum absolute atomic E-state index is 0. The summed E-state index contributed by atoms with van der Waals surface area (Å²) in [5, 5.41) is 0. The summed E-state index contributed by atoms with van der Waals surface area (Å²) < 4.78 is 11.1. The average molecular weight is 303 g/mol. The molecule has 0 bridgehead atoms. The van der Waals surface area contributed by atoms with Crippen molar-refractivity contribution in [2.75, 3.05) is 0 Å². The predicted molar refractivity (Wildman–Crippen MR) is 34.4 cm³/mol. The number of hydrogen-bond acceptors (Lipinski definition) is 0. The first-order valence-corrected chi connectivity index (χ1v) is 2.26. The van der Waals surface area contributed by atoms with Gasteiger partial charge in [-0.25, -0.2) is 11.8 Å². The van der Waals surface area contributed by atoms with E-state index in [2.05, 4.69) is 29.6 Å². The summed E-state index contributed by atoms with van der Waals surface area (Å²) in [6.45, 7) is 1.91. The van der Waals surface area contributed by atoms with Crippen molar-refractivity contribution in [1.82, 2.24) is 0 Å². The van der Waals surface area contributed by atoms with Crippen LogP contribution >= 0.6 is 0 Å². The zero-order valence-electron chi connectivity index (χ0n) is 5.36. The molecule has 0 aliphatic heterocycles. The second-order valence-corrected chi connectivity index (χ2v) is 1.00. The molecular formula is C8H4FW-. The predicted octanol–water partition coefficient (Wildman–Crippen LogP) is 1.15. The fraction of sp³-hybridized carbons (Fsp3) is 0.125. The second-order valence-electron chi connectivity index (χ2n) is 1.00. The third-order valence-electron chi connectivity index (χ3n) is 0.439. The van der Waals surface area contributed by atoms with E-state index in [0.29, 0.717) is 0 Å². The molecule has 0 unspecified atom stereocenters. The Labute approximate surface area is 74.8 Å². The molecule has 0 aromatic heterocycles. The summed E-state index contributed by atoms with van der Waals surface area (Å²) in [5.41, 5.74) is 0. The van der Waals surface area contributed by atoms with E-state index < -0.39 is 0 Å². The van der Waals surface area contributed by atoms with Crippen LogP contribution in [-0.4, -0.2) is 0 Å². The first-order chi connectivity index (χ1) is 4.41. The fourth-order valence-electron chi connectivity index (χ4n) is 0.188. The van der Waals surface area contributed by atoms with Crippen molar-refractivity contribution < 1.29 is 25.5 Å². The molecule has 0 saturated heterocycles. The first-order valence-electron chi connectivity index (χ1n) is 2.26. The molecule has 0 spiro atoms. The Morgan fingerprint density at radius 1 is 1.10 bits per heavy atom. The van der Waals surface area contributed by atoms with Crippen LogP contribution in [0.1, 0.15) is 6.92 Å². The van der Waals surface area contributed by atoms with Crippen LogP contribution in [0.4, 0.5) is 4.39 Å². The molecule has 0 aliphatic carbocycles. The summed E-state index contributed by atoms with van der Waals surface area (Å²) >= 11 is 0. The minimum atomic E-state index is 0. The van der Waals surface area contributed by atoms with Crippen LogP contribution in [0.25, 0.3) is 0 Å². The zero-order valence-corrected chi connectivity index (χ0v) is 8.30. The van der Waals surface area contributed by atoms with Gasteiger partial charge in [-0.15, -0.1) is 5.92 Å². The van der Waals surface area contributed by atoms with E-state index in [9.17, 15) is 4.39 Å². The van der Waals surface area contributed by atoms with Crippen LogP contribution < -0.4 is 0 Å². The normalized spacial score (nSPS) is 3.80. The number of halogens is 1. The van der Waals surface area contributed by atoms with Gasteiger partial charge in [-0.2, -0.15) is 0 Å². The van der Waals surface area contributed by atoms with Gasteiger partial charge < -0.3 is 4.39 Å². The molecule has 0 saturated carbocycles. The molecule has 50 valence electrons. The Kier molecular flexibility index (Phi) is 13.1. The van der Waals surface area contributed by atoms with Crippen molar-refractivity contribution in [2.45, 2.75) is 6.92 Å². The fourth-order valence-corrected chi connectivity index (χ4v) is 0.188. The molecule has 0 N–H and O–H groups in total. The first kappa shape index (κ1) is 11.9. The van der Waals surface area contributed by atoms with Gasteiger partial charge in [0.2, 0.25) is 0 Å². The topological polar surface area (TPSA) is 0 Å². The van der Waals surface area contributed by atoms with Gasteiger partial charge in [0.15, 0.2) is 0 Å². The second kappa shape index (κ2) is 11.0. The zero-order chi connectivity index (χ0) is 6.95. The van der Waals surface area contributed by atoms with Gasteiger partial charge in [0.25, 0.3) is 0 Å². The van der Waals surface area contributed by atoms with E-state index in [1.54, 1.807) is 6.92 Å². The molecule has 0 aliphatic rings. The number of rotatable bonds is 0. The smallest absolute Gasteiger partial charge is 0 e. The van der Waals surface area contributed by atoms with E-state index in [1.165, 1.54) is 0 Å².